The SMILES string of the molecule is O=c1[nH]c2cc(Br)c(NC(=S)NCCC[NH+]3CCOCC3)cc2[nH]1. The van der Waals surface area contributed by atoms with Crippen molar-refractivity contribution in [2.75, 3.05) is 44.7 Å². The summed E-state index contributed by atoms with van der Waals surface area (Å²) in [6.45, 7) is 5.85. The summed E-state index contributed by atoms with van der Waals surface area (Å²) in [7, 11) is 0. The fourth-order valence-electron chi connectivity index (χ4n) is 2.77. The van der Waals surface area contributed by atoms with Crippen LogP contribution in [0.25, 0.3) is 11.0 Å². The third-order valence-electron chi connectivity index (χ3n) is 4.04. The third-order valence-corrected chi connectivity index (χ3v) is 4.95. The lowest BCUT2D eigenvalue weighted by atomic mass is 10.3. The molecule has 1 saturated heterocycles. The molecule has 7 nitrogen and oxygen atoms in total. The van der Waals surface area contributed by atoms with Gasteiger partial charge < -0.3 is 30.2 Å². The molecule has 0 bridgehead atoms. The minimum Gasteiger partial charge on any atom is -0.370 e. The van der Waals surface area contributed by atoms with Crippen LogP contribution in [-0.2, 0) is 4.74 Å². The molecule has 0 atom stereocenters. The number of aromatic amines is 2. The maximum absolute atomic E-state index is 11.3. The van der Waals surface area contributed by atoms with Crippen LogP contribution in [0.15, 0.2) is 21.4 Å². The highest BCUT2D eigenvalue weighted by molar-refractivity contribution is 9.10. The van der Waals surface area contributed by atoms with Crippen molar-refractivity contribution >= 4 is 50.0 Å². The number of anilines is 1. The number of halogens is 1. The first-order valence-electron chi connectivity index (χ1n) is 7.99. The molecule has 2 aromatic rings. The molecule has 5 N–H and O–H groups in total. The van der Waals surface area contributed by atoms with Crippen molar-refractivity contribution < 1.29 is 9.64 Å². The number of H-pyrrole nitrogens is 2. The van der Waals surface area contributed by atoms with E-state index in [2.05, 4.69) is 36.5 Å². The fraction of sp³-hybridized carbons (Fsp3) is 0.467. The van der Waals surface area contributed by atoms with Gasteiger partial charge in [0.05, 0.1) is 36.5 Å². The van der Waals surface area contributed by atoms with E-state index in [0.717, 1.165) is 67.0 Å². The molecule has 9 heteroatoms. The Kier molecular flexibility index (Phi) is 5.88. The monoisotopic (exact) mass is 414 g/mol. The standard InChI is InChI=1S/C15H20BrN5O2S/c16-10-8-12-13(19-14(22)18-12)9-11(10)20-15(24)17-2-1-3-21-4-6-23-7-5-21/h8-9H,1-7H2,(H2,17,20,24)(H2,18,19,22)/p+1. The molecule has 0 amide bonds. The molecule has 0 radical (unpaired) electrons. The van der Waals surface area contributed by atoms with Crippen LogP contribution in [0.3, 0.4) is 0 Å². The van der Waals surface area contributed by atoms with Crippen molar-refractivity contribution in [3.05, 3.63) is 27.1 Å². The van der Waals surface area contributed by atoms with E-state index in [0.29, 0.717) is 5.11 Å². The maximum Gasteiger partial charge on any atom is 0.323 e. The zero-order valence-electron chi connectivity index (χ0n) is 13.2. The molecule has 1 aliphatic heterocycles. The average molecular weight is 415 g/mol. The summed E-state index contributed by atoms with van der Waals surface area (Å²) in [4.78, 5) is 18.4. The molecule has 1 aliphatic rings. The minimum atomic E-state index is -0.222. The second-order valence-electron chi connectivity index (χ2n) is 5.80. The highest BCUT2D eigenvalue weighted by Gasteiger charge is 2.13. The summed E-state index contributed by atoms with van der Waals surface area (Å²) in [6.07, 6.45) is 1.06. The number of nitrogens with one attached hydrogen (secondary N) is 5. The lowest BCUT2D eigenvalue weighted by molar-refractivity contribution is -0.908. The number of quaternary nitrogens is 1. The number of hydrogen-bond donors (Lipinski definition) is 5. The second-order valence-corrected chi connectivity index (χ2v) is 7.07. The van der Waals surface area contributed by atoms with Crippen molar-refractivity contribution in [2.45, 2.75) is 6.42 Å². The number of aromatic nitrogens is 2. The van der Waals surface area contributed by atoms with E-state index in [9.17, 15) is 4.79 Å². The average Bonchev–Trinajstić information content (AvgIpc) is 2.92. The predicted molar refractivity (Wildman–Crippen MR) is 102 cm³/mol. The second kappa shape index (κ2) is 8.11. The Morgan fingerprint density at radius 2 is 2.00 bits per heavy atom. The number of morpholine rings is 1. The number of thiocarbonyl (C=S) groups is 1. The molecule has 24 heavy (non-hydrogen) atoms. The van der Waals surface area contributed by atoms with E-state index in [1.165, 1.54) is 0 Å². The normalized spacial score (nSPS) is 15.5. The number of imidazole rings is 1. The van der Waals surface area contributed by atoms with Gasteiger partial charge in [-0.1, -0.05) is 0 Å². The highest BCUT2D eigenvalue weighted by Crippen LogP contribution is 2.26. The van der Waals surface area contributed by atoms with Crippen molar-refractivity contribution in [1.29, 1.82) is 0 Å². The zero-order chi connectivity index (χ0) is 16.9. The summed E-state index contributed by atoms with van der Waals surface area (Å²) >= 11 is 8.83. The Labute approximate surface area is 153 Å². The summed E-state index contributed by atoms with van der Waals surface area (Å²) in [5, 5.41) is 6.96. The van der Waals surface area contributed by atoms with Gasteiger partial charge >= 0.3 is 5.69 Å². The van der Waals surface area contributed by atoms with Crippen LogP contribution >= 0.6 is 28.1 Å². The predicted octanol–water partition coefficient (Wildman–Crippen LogP) is 0.210. The minimum absolute atomic E-state index is 0.222. The number of ether oxygens (including phenoxy) is 1. The molecule has 0 spiro atoms. The summed E-state index contributed by atoms with van der Waals surface area (Å²) < 4.78 is 6.20. The van der Waals surface area contributed by atoms with Crippen LogP contribution in [0.4, 0.5) is 5.69 Å². The topological polar surface area (TPSA) is 86.4 Å². The van der Waals surface area contributed by atoms with Crippen molar-refractivity contribution in [2.24, 2.45) is 0 Å². The number of benzene rings is 1. The molecular formula is C15H21BrN5O2S+. The van der Waals surface area contributed by atoms with Crippen LogP contribution in [0.5, 0.6) is 0 Å². The molecule has 3 rings (SSSR count). The number of fused-ring (bicyclic) bond motifs is 1. The molecule has 0 aliphatic carbocycles. The van der Waals surface area contributed by atoms with E-state index < -0.39 is 0 Å². The van der Waals surface area contributed by atoms with Gasteiger partial charge in [-0.05, 0) is 40.3 Å². The van der Waals surface area contributed by atoms with Gasteiger partial charge in [0.15, 0.2) is 5.11 Å². The third kappa shape index (κ3) is 4.56. The van der Waals surface area contributed by atoms with E-state index in [-0.39, 0.29) is 5.69 Å². The number of rotatable bonds is 5. The summed E-state index contributed by atoms with van der Waals surface area (Å²) in [5.74, 6) is 0. The van der Waals surface area contributed by atoms with Gasteiger partial charge in [-0.2, -0.15) is 0 Å². The van der Waals surface area contributed by atoms with Gasteiger partial charge in [0, 0.05) is 17.4 Å². The van der Waals surface area contributed by atoms with Crippen LogP contribution in [0.2, 0.25) is 0 Å². The highest BCUT2D eigenvalue weighted by atomic mass is 79.9. The largest absolute Gasteiger partial charge is 0.370 e. The first-order valence-corrected chi connectivity index (χ1v) is 9.19. The Morgan fingerprint density at radius 1 is 1.29 bits per heavy atom. The zero-order valence-corrected chi connectivity index (χ0v) is 15.6. The Morgan fingerprint density at radius 3 is 2.75 bits per heavy atom. The van der Waals surface area contributed by atoms with E-state index in [1.54, 1.807) is 4.90 Å². The van der Waals surface area contributed by atoms with Crippen molar-refractivity contribution in [3.63, 3.8) is 0 Å². The van der Waals surface area contributed by atoms with E-state index in [4.69, 9.17) is 17.0 Å². The Balaban J connectivity index is 1.47. The van der Waals surface area contributed by atoms with E-state index >= 15 is 0 Å². The van der Waals surface area contributed by atoms with Gasteiger partial charge in [-0.15, -0.1) is 0 Å². The van der Waals surface area contributed by atoms with Crippen molar-refractivity contribution in [1.82, 2.24) is 15.3 Å². The number of hydrogen-bond acceptors (Lipinski definition) is 3. The quantitative estimate of drug-likeness (QED) is 0.356. The van der Waals surface area contributed by atoms with Gasteiger partial charge in [0.25, 0.3) is 0 Å². The van der Waals surface area contributed by atoms with Crippen molar-refractivity contribution in [3.8, 4) is 0 Å². The molecule has 0 saturated carbocycles. The first-order chi connectivity index (χ1) is 11.6. The van der Waals surface area contributed by atoms with Crippen LogP contribution < -0.4 is 21.2 Å². The molecular weight excluding hydrogens is 394 g/mol. The van der Waals surface area contributed by atoms with Crippen LogP contribution in [-0.4, -0.2) is 54.5 Å². The van der Waals surface area contributed by atoms with Gasteiger partial charge in [0.1, 0.15) is 13.1 Å². The molecule has 1 fully saturated rings. The van der Waals surface area contributed by atoms with Gasteiger partial charge in [-0.25, -0.2) is 4.79 Å². The summed E-state index contributed by atoms with van der Waals surface area (Å²) in [5.41, 5.74) is 2.09. The molecule has 2 heterocycles. The lowest BCUT2D eigenvalue weighted by Crippen LogP contribution is -3.14. The fourth-order valence-corrected chi connectivity index (χ4v) is 3.42. The smallest absolute Gasteiger partial charge is 0.323 e. The molecule has 1 aromatic carbocycles. The van der Waals surface area contributed by atoms with Gasteiger partial charge in [0.2, 0.25) is 0 Å². The Bertz CT molecular complexity index is 769. The molecule has 1 aromatic heterocycles. The summed E-state index contributed by atoms with van der Waals surface area (Å²) in [6, 6.07) is 3.70. The Hall–Kier alpha value is -1.42. The maximum atomic E-state index is 11.3. The van der Waals surface area contributed by atoms with E-state index in [1.807, 2.05) is 12.1 Å². The van der Waals surface area contributed by atoms with Gasteiger partial charge in [-0.3, -0.25) is 0 Å². The first kappa shape index (κ1) is 17.4. The molecule has 130 valence electrons. The van der Waals surface area contributed by atoms with Crippen LogP contribution in [0.1, 0.15) is 6.42 Å². The van der Waals surface area contributed by atoms with Crippen LogP contribution in [0, 0.1) is 0 Å². The lowest BCUT2D eigenvalue weighted by Gasteiger charge is -2.23. The molecule has 0 unspecified atom stereocenters.